The molecule has 4 nitrogen and oxygen atoms in total. The molecule has 1 unspecified atom stereocenters. The van der Waals surface area contributed by atoms with Gasteiger partial charge in [-0.15, -0.1) is 0 Å². The van der Waals surface area contributed by atoms with Crippen LogP contribution in [0.4, 0.5) is 0 Å². The van der Waals surface area contributed by atoms with Gasteiger partial charge in [0, 0.05) is 12.8 Å². The summed E-state index contributed by atoms with van der Waals surface area (Å²) in [5, 5.41) is 4.04. The van der Waals surface area contributed by atoms with E-state index < -0.39 is 0 Å². The topological polar surface area (TPSA) is 56.0 Å². The molecule has 110 valence electrons. The molecule has 4 heteroatoms. The number of ketones is 1. The van der Waals surface area contributed by atoms with Crippen LogP contribution in [0.15, 0.2) is 22.7 Å². The van der Waals surface area contributed by atoms with E-state index in [0.29, 0.717) is 24.6 Å². The molecule has 2 aromatic rings. The zero-order valence-corrected chi connectivity index (χ0v) is 12.6. The van der Waals surface area contributed by atoms with Gasteiger partial charge in [0.15, 0.2) is 5.82 Å². The molecule has 21 heavy (non-hydrogen) atoms. The number of aromatic nitrogens is 2. The number of hydrogen-bond acceptors (Lipinski definition) is 4. The van der Waals surface area contributed by atoms with Crippen LogP contribution in [0.1, 0.15) is 60.0 Å². The molecule has 0 N–H and O–H groups in total. The molecule has 1 atom stereocenters. The summed E-state index contributed by atoms with van der Waals surface area (Å²) in [4.78, 5) is 16.4. The Balaban J connectivity index is 1.77. The number of rotatable bonds is 3. The van der Waals surface area contributed by atoms with E-state index in [4.69, 9.17) is 4.52 Å². The lowest BCUT2D eigenvalue weighted by atomic mass is 9.88. The van der Waals surface area contributed by atoms with Crippen molar-refractivity contribution in [3.8, 4) is 0 Å². The van der Waals surface area contributed by atoms with E-state index >= 15 is 0 Å². The van der Waals surface area contributed by atoms with E-state index in [9.17, 15) is 4.79 Å². The number of Topliss-reactive ketones (excluding diaryl/α,β-unsaturated/α-hetero) is 1. The molecule has 0 amide bonds. The molecular formula is C17H20N2O2. The molecule has 1 aromatic heterocycles. The maximum atomic E-state index is 11.9. The van der Waals surface area contributed by atoms with E-state index in [1.54, 1.807) is 0 Å². The molecule has 0 radical (unpaired) electrons. The molecule has 1 heterocycles. The normalized spacial score (nSPS) is 19.0. The summed E-state index contributed by atoms with van der Waals surface area (Å²) >= 11 is 0. The zero-order chi connectivity index (χ0) is 14.8. The van der Waals surface area contributed by atoms with Crippen LogP contribution in [0, 0.1) is 13.8 Å². The highest BCUT2D eigenvalue weighted by molar-refractivity contribution is 5.85. The molecule has 1 aromatic carbocycles. The van der Waals surface area contributed by atoms with Gasteiger partial charge < -0.3 is 4.52 Å². The van der Waals surface area contributed by atoms with Gasteiger partial charge in [-0.2, -0.15) is 4.98 Å². The lowest BCUT2D eigenvalue weighted by Gasteiger charge is -2.16. The van der Waals surface area contributed by atoms with Crippen LogP contribution in [0.25, 0.3) is 0 Å². The highest BCUT2D eigenvalue weighted by atomic mass is 16.5. The first kappa shape index (κ1) is 14.0. The van der Waals surface area contributed by atoms with Crippen LogP contribution in [0.3, 0.4) is 0 Å². The van der Waals surface area contributed by atoms with Gasteiger partial charge in [0.1, 0.15) is 5.78 Å². The fourth-order valence-corrected chi connectivity index (χ4v) is 3.08. The number of hydrogen-bond donors (Lipinski definition) is 0. The number of aryl methyl sites for hydroxylation is 2. The minimum absolute atomic E-state index is 0.181. The van der Waals surface area contributed by atoms with Crippen LogP contribution >= 0.6 is 0 Å². The Morgan fingerprint density at radius 3 is 2.67 bits per heavy atom. The van der Waals surface area contributed by atoms with Gasteiger partial charge >= 0.3 is 0 Å². The summed E-state index contributed by atoms with van der Waals surface area (Å²) in [7, 11) is 0. The smallest absolute Gasteiger partial charge is 0.237 e. The molecule has 3 rings (SSSR count). The van der Waals surface area contributed by atoms with E-state index in [0.717, 1.165) is 19.3 Å². The molecule has 0 aliphatic heterocycles. The summed E-state index contributed by atoms with van der Waals surface area (Å²) in [6, 6.07) is 6.41. The van der Waals surface area contributed by atoms with Crippen LogP contribution in [-0.2, 0) is 11.2 Å². The Morgan fingerprint density at radius 1 is 1.19 bits per heavy atom. The average molecular weight is 284 g/mol. The molecule has 0 saturated heterocycles. The Labute approximate surface area is 124 Å². The van der Waals surface area contributed by atoms with Crippen molar-refractivity contribution in [2.24, 2.45) is 0 Å². The Morgan fingerprint density at radius 2 is 1.95 bits per heavy atom. The third-order valence-corrected chi connectivity index (χ3v) is 3.98. The molecule has 1 fully saturated rings. The number of carbonyl (C=O) groups is 1. The van der Waals surface area contributed by atoms with Crippen molar-refractivity contribution in [2.45, 2.75) is 51.9 Å². The highest BCUT2D eigenvalue weighted by Crippen LogP contribution is 2.29. The third kappa shape index (κ3) is 3.20. The van der Waals surface area contributed by atoms with E-state index in [1.165, 1.54) is 16.7 Å². The first-order chi connectivity index (χ1) is 10.1. The van der Waals surface area contributed by atoms with Crippen LogP contribution in [0.2, 0.25) is 0 Å². The van der Waals surface area contributed by atoms with Gasteiger partial charge in [0.2, 0.25) is 5.89 Å². The van der Waals surface area contributed by atoms with Crippen molar-refractivity contribution >= 4 is 5.78 Å². The average Bonchev–Trinajstić information content (AvgIpc) is 2.86. The van der Waals surface area contributed by atoms with Crippen molar-refractivity contribution in [3.63, 3.8) is 0 Å². The Kier molecular flexibility index (Phi) is 3.86. The van der Waals surface area contributed by atoms with Crippen molar-refractivity contribution in [1.29, 1.82) is 0 Å². The summed E-state index contributed by atoms with van der Waals surface area (Å²) in [6.45, 7) is 4.16. The summed E-state index contributed by atoms with van der Waals surface area (Å²) in [6.07, 6.45) is 4.17. The molecule has 1 aliphatic rings. The standard InChI is InChI=1S/C17H20N2O2/c1-11-7-12(2)9-13(8-11)10-16-18-17(21-19-16)14-5-3-4-6-15(14)20/h7-9,14H,3-6,10H2,1-2H3. The van der Waals surface area contributed by atoms with Crippen LogP contribution in [-0.4, -0.2) is 15.9 Å². The third-order valence-electron chi connectivity index (χ3n) is 3.98. The van der Waals surface area contributed by atoms with E-state index in [1.807, 2.05) is 0 Å². The monoisotopic (exact) mass is 284 g/mol. The number of nitrogens with zero attached hydrogens (tertiary/aromatic N) is 2. The fraction of sp³-hybridized carbons (Fsp3) is 0.471. The first-order valence-corrected chi connectivity index (χ1v) is 7.54. The van der Waals surface area contributed by atoms with Gasteiger partial charge in [-0.1, -0.05) is 40.9 Å². The van der Waals surface area contributed by atoms with E-state index in [2.05, 4.69) is 42.2 Å². The van der Waals surface area contributed by atoms with Crippen molar-refractivity contribution in [3.05, 3.63) is 46.6 Å². The predicted octanol–water partition coefficient (Wildman–Crippen LogP) is 3.50. The maximum Gasteiger partial charge on any atom is 0.237 e. The summed E-state index contributed by atoms with van der Waals surface area (Å²) in [5.41, 5.74) is 3.64. The molecule has 1 saturated carbocycles. The fourth-order valence-electron chi connectivity index (χ4n) is 3.08. The summed E-state index contributed by atoms with van der Waals surface area (Å²) in [5.74, 6) is 1.22. The number of carbonyl (C=O) groups excluding carboxylic acids is 1. The lowest BCUT2D eigenvalue weighted by molar-refractivity contribution is -0.122. The van der Waals surface area contributed by atoms with E-state index in [-0.39, 0.29) is 11.7 Å². The molecule has 0 spiro atoms. The second kappa shape index (κ2) is 5.80. The van der Waals surface area contributed by atoms with Crippen molar-refractivity contribution < 1.29 is 9.32 Å². The van der Waals surface area contributed by atoms with Gasteiger partial charge in [0.05, 0.1) is 5.92 Å². The zero-order valence-electron chi connectivity index (χ0n) is 12.6. The predicted molar refractivity (Wildman–Crippen MR) is 79.2 cm³/mol. The van der Waals surface area contributed by atoms with Crippen LogP contribution < -0.4 is 0 Å². The molecule has 0 bridgehead atoms. The summed E-state index contributed by atoms with van der Waals surface area (Å²) < 4.78 is 5.33. The Hall–Kier alpha value is -1.97. The van der Waals surface area contributed by atoms with Gasteiger partial charge in [-0.05, 0) is 32.3 Å². The molecule has 1 aliphatic carbocycles. The minimum atomic E-state index is -0.181. The minimum Gasteiger partial charge on any atom is -0.339 e. The van der Waals surface area contributed by atoms with Crippen LogP contribution in [0.5, 0.6) is 0 Å². The molecular weight excluding hydrogens is 264 g/mol. The van der Waals surface area contributed by atoms with Gasteiger partial charge in [0.25, 0.3) is 0 Å². The lowest BCUT2D eigenvalue weighted by Crippen LogP contribution is -2.17. The maximum absolute atomic E-state index is 11.9. The highest BCUT2D eigenvalue weighted by Gasteiger charge is 2.28. The van der Waals surface area contributed by atoms with Crippen molar-refractivity contribution in [1.82, 2.24) is 10.1 Å². The first-order valence-electron chi connectivity index (χ1n) is 7.54. The number of benzene rings is 1. The quantitative estimate of drug-likeness (QED) is 0.865. The Bertz CT molecular complexity index is 640. The SMILES string of the molecule is Cc1cc(C)cc(Cc2noc(C3CCCCC3=O)n2)c1. The second-order valence-corrected chi connectivity index (χ2v) is 5.99. The van der Waals surface area contributed by atoms with Crippen molar-refractivity contribution in [2.75, 3.05) is 0 Å². The largest absolute Gasteiger partial charge is 0.339 e. The van der Waals surface area contributed by atoms with Gasteiger partial charge in [-0.3, -0.25) is 4.79 Å². The van der Waals surface area contributed by atoms with Gasteiger partial charge in [-0.25, -0.2) is 0 Å². The second-order valence-electron chi connectivity index (χ2n) is 5.99.